The van der Waals surface area contributed by atoms with Crippen molar-refractivity contribution in [2.24, 2.45) is 5.92 Å². The van der Waals surface area contributed by atoms with E-state index < -0.39 is 0 Å². The van der Waals surface area contributed by atoms with Crippen molar-refractivity contribution in [3.8, 4) is 28.6 Å². The van der Waals surface area contributed by atoms with Gasteiger partial charge in [0.2, 0.25) is 5.88 Å². The fourth-order valence-corrected chi connectivity index (χ4v) is 4.58. The van der Waals surface area contributed by atoms with E-state index in [1.807, 2.05) is 28.4 Å². The van der Waals surface area contributed by atoms with Gasteiger partial charge in [-0.1, -0.05) is 22.9 Å². The highest BCUT2D eigenvalue weighted by Crippen LogP contribution is 2.37. The van der Waals surface area contributed by atoms with Crippen LogP contribution in [0, 0.1) is 12.8 Å². The summed E-state index contributed by atoms with van der Waals surface area (Å²) in [6.45, 7) is 4.92. The van der Waals surface area contributed by atoms with Gasteiger partial charge in [-0.05, 0) is 44.7 Å². The van der Waals surface area contributed by atoms with Crippen molar-refractivity contribution in [1.82, 2.24) is 29.8 Å². The summed E-state index contributed by atoms with van der Waals surface area (Å²) in [6, 6.07) is 10.2. The van der Waals surface area contributed by atoms with Gasteiger partial charge in [0.05, 0.1) is 29.9 Å². The predicted octanol–water partition coefficient (Wildman–Crippen LogP) is 3.88. The van der Waals surface area contributed by atoms with Crippen LogP contribution in [0.5, 0.6) is 11.6 Å². The first-order chi connectivity index (χ1) is 16.5. The molecule has 0 amide bonds. The molecule has 1 saturated carbocycles. The molecule has 34 heavy (non-hydrogen) atoms. The molecular weight excluding hydrogens is 430 g/mol. The predicted molar refractivity (Wildman–Crippen MR) is 127 cm³/mol. The lowest BCUT2D eigenvalue weighted by Gasteiger charge is -2.22. The molecule has 4 heterocycles. The summed E-state index contributed by atoms with van der Waals surface area (Å²) in [4.78, 5) is 4.46. The quantitative estimate of drug-likeness (QED) is 0.498. The van der Waals surface area contributed by atoms with Crippen molar-refractivity contribution in [2.45, 2.75) is 45.8 Å². The number of anilines is 1. The first-order valence-corrected chi connectivity index (χ1v) is 11.6. The highest BCUT2D eigenvalue weighted by atomic mass is 16.5. The van der Waals surface area contributed by atoms with Gasteiger partial charge in [0.15, 0.2) is 11.6 Å². The maximum Gasteiger partial charge on any atom is 0.233 e. The van der Waals surface area contributed by atoms with Crippen LogP contribution >= 0.6 is 0 Å². The molecule has 1 aliphatic heterocycles. The first-order valence-electron chi connectivity index (χ1n) is 11.6. The molecule has 174 valence electrons. The molecule has 2 bridgehead atoms. The van der Waals surface area contributed by atoms with Crippen LogP contribution in [0.2, 0.25) is 0 Å². The first kappa shape index (κ1) is 20.7. The number of nitrogen functional groups attached to an aromatic ring is 1. The molecule has 1 fully saturated rings. The third-order valence-corrected chi connectivity index (χ3v) is 6.56. The van der Waals surface area contributed by atoms with E-state index in [4.69, 9.17) is 20.3 Å². The van der Waals surface area contributed by atoms with Crippen LogP contribution in [0.3, 0.4) is 0 Å². The maximum atomic E-state index is 6.40. The lowest BCUT2D eigenvalue weighted by atomic mass is 10.0. The second kappa shape index (κ2) is 7.86. The number of methoxy groups -OCH3 is 1. The Bertz CT molecular complexity index is 1390. The van der Waals surface area contributed by atoms with Crippen LogP contribution in [-0.4, -0.2) is 36.9 Å². The normalized spacial score (nSPS) is 17.0. The largest absolute Gasteiger partial charge is 0.482 e. The minimum Gasteiger partial charge on any atom is -0.482 e. The van der Waals surface area contributed by atoms with Crippen molar-refractivity contribution >= 4 is 5.82 Å². The Kier molecular flexibility index (Phi) is 4.79. The molecule has 1 aliphatic carbocycles. The number of benzene rings is 1. The van der Waals surface area contributed by atoms with Crippen LogP contribution in [-0.2, 0) is 13.0 Å². The van der Waals surface area contributed by atoms with Crippen molar-refractivity contribution in [1.29, 1.82) is 0 Å². The second-order valence-corrected chi connectivity index (χ2v) is 9.21. The van der Waals surface area contributed by atoms with Gasteiger partial charge in [0.25, 0.3) is 0 Å². The SMILES string of the molecule is COc1cc2n(n1)-c1ccc(C)cc1[C@@H](C)Oc1cc(cnc1N)-c1c(nnn1CC1CC1)C2. The van der Waals surface area contributed by atoms with E-state index in [2.05, 4.69) is 40.4 Å². The molecule has 0 spiro atoms. The van der Waals surface area contributed by atoms with Crippen LogP contribution in [0.1, 0.15) is 48.4 Å². The van der Waals surface area contributed by atoms with Crippen molar-refractivity contribution in [3.05, 3.63) is 59.0 Å². The third-order valence-electron chi connectivity index (χ3n) is 6.56. The highest BCUT2D eigenvalue weighted by Gasteiger charge is 2.28. The summed E-state index contributed by atoms with van der Waals surface area (Å²) >= 11 is 0. The molecule has 1 aromatic carbocycles. The van der Waals surface area contributed by atoms with Crippen LogP contribution in [0.25, 0.3) is 16.9 Å². The molecule has 2 N–H and O–H groups in total. The number of aromatic nitrogens is 6. The Balaban J connectivity index is 1.60. The van der Waals surface area contributed by atoms with Crippen LogP contribution in [0.4, 0.5) is 5.82 Å². The summed E-state index contributed by atoms with van der Waals surface area (Å²) in [5.41, 5.74) is 12.9. The van der Waals surface area contributed by atoms with E-state index in [1.165, 1.54) is 12.8 Å². The molecule has 3 aromatic heterocycles. The maximum absolute atomic E-state index is 6.40. The van der Waals surface area contributed by atoms with Gasteiger partial charge in [-0.15, -0.1) is 10.2 Å². The number of hydrogen-bond donors (Lipinski definition) is 1. The molecule has 9 nitrogen and oxygen atoms in total. The Morgan fingerprint density at radius 3 is 2.85 bits per heavy atom. The summed E-state index contributed by atoms with van der Waals surface area (Å²) < 4.78 is 15.8. The number of nitrogens with zero attached hydrogens (tertiary/aromatic N) is 6. The number of aryl methyl sites for hydroxylation is 1. The van der Waals surface area contributed by atoms with Crippen LogP contribution < -0.4 is 15.2 Å². The third kappa shape index (κ3) is 3.57. The smallest absolute Gasteiger partial charge is 0.233 e. The molecule has 9 heteroatoms. The topological polar surface area (TPSA) is 106 Å². The van der Waals surface area contributed by atoms with E-state index in [0.29, 0.717) is 29.8 Å². The van der Waals surface area contributed by atoms with Crippen molar-refractivity contribution < 1.29 is 9.47 Å². The monoisotopic (exact) mass is 457 g/mol. The number of pyridine rings is 1. The molecule has 2 aliphatic rings. The zero-order chi connectivity index (χ0) is 23.4. The zero-order valence-corrected chi connectivity index (χ0v) is 19.5. The lowest BCUT2D eigenvalue weighted by Crippen LogP contribution is -2.14. The Morgan fingerprint density at radius 1 is 1.21 bits per heavy atom. The Morgan fingerprint density at radius 2 is 2.06 bits per heavy atom. The highest BCUT2D eigenvalue weighted by molar-refractivity contribution is 5.67. The van der Waals surface area contributed by atoms with Gasteiger partial charge in [0.1, 0.15) is 6.10 Å². The number of ether oxygens (including phenoxy) is 2. The number of nitrogens with two attached hydrogens (primary N) is 1. The van der Waals surface area contributed by atoms with E-state index >= 15 is 0 Å². The van der Waals surface area contributed by atoms with Gasteiger partial charge < -0.3 is 15.2 Å². The summed E-state index contributed by atoms with van der Waals surface area (Å²) in [6.07, 6.45) is 4.48. The average Bonchev–Trinajstić information content (AvgIpc) is 3.42. The van der Waals surface area contributed by atoms with E-state index in [1.54, 1.807) is 13.3 Å². The number of rotatable bonds is 3. The summed E-state index contributed by atoms with van der Waals surface area (Å²) in [5, 5.41) is 13.8. The second-order valence-electron chi connectivity index (χ2n) is 9.21. The molecule has 0 saturated heterocycles. The Hall–Kier alpha value is -3.88. The molecule has 0 unspecified atom stereocenters. The molecule has 4 aromatic rings. The number of hydrogen-bond acceptors (Lipinski definition) is 7. The average molecular weight is 458 g/mol. The summed E-state index contributed by atoms with van der Waals surface area (Å²) in [5.74, 6) is 2.08. The lowest BCUT2D eigenvalue weighted by molar-refractivity contribution is 0.227. The number of fused-ring (bicyclic) bond motifs is 7. The van der Waals surface area contributed by atoms with Crippen molar-refractivity contribution in [2.75, 3.05) is 12.8 Å². The minimum absolute atomic E-state index is 0.286. The molecular formula is C25H27N7O2. The fourth-order valence-electron chi connectivity index (χ4n) is 4.58. The molecule has 6 rings (SSSR count). The van der Waals surface area contributed by atoms with Gasteiger partial charge in [-0.25, -0.2) is 14.3 Å². The van der Waals surface area contributed by atoms with Gasteiger partial charge in [-0.2, -0.15) is 0 Å². The van der Waals surface area contributed by atoms with E-state index in [9.17, 15) is 0 Å². The fraction of sp³-hybridized carbons (Fsp3) is 0.360. The van der Waals surface area contributed by atoms with Gasteiger partial charge in [0, 0.05) is 36.4 Å². The van der Waals surface area contributed by atoms with Gasteiger partial charge >= 0.3 is 0 Å². The van der Waals surface area contributed by atoms with E-state index in [-0.39, 0.29) is 6.10 Å². The minimum atomic E-state index is -0.286. The molecule has 1 atom stereocenters. The summed E-state index contributed by atoms with van der Waals surface area (Å²) in [7, 11) is 1.63. The van der Waals surface area contributed by atoms with Crippen LogP contribution in [0.15, 0.2) is 36.5 Å². The van der Waals surface area contributed by atoms with E-state index in [0.717, 1.165) is 46.0 Å². The molecule has 0 radical (unpaired) electrons. The van der Waals surface area contributed by atoms with Crippen molar-refractivity contribution in [3.63, 3.8) is 0 Å². The standard InChI is InChI=1S/C25H27N7O2/c1-14-4-7-21-19(8-14)15(2)34-22-9-17(12-27-25(22)26)24-20(28-30-31(24)13-16-5-6-16)10-18-11-23(33-3)29-32(18)21/h4,7-9,11-12,15-16H,5-6,10,13H2,1-3H3,(H2,26,27)/t15-/m1/s1. The van der Waals surface area contributed by atoms with Gasteiger partial charge in [-0.3, -0.25) is 0 Å². The Labute approximate surface area is 197 Å². The zero-order valence-electron chi connectivity index (χ0n) is 19.5.